The molecule has 3 aliphatic carbocycles. The summed E-state index contributed by atoms with van der Waals surface area (Å²) in [5, 5.41) is 0. The smallest absolute Gasteiger partial charge is 0.122 e. The number of ether oxygens (including phenoxy) is 1. The number of hydrazine groups is 1. The van der Waals surface area contributed by atoms with E-state index in [0.29, 0.717) is 6.04 Å². The second-order valence-corrected chi connectivity index (χ2v) is 7.18. The van der Waals surface area contributed by atoms with Gasteiger partial charge in [0, 0.05) is 12.5 Å². The van der Waals surface area contributed by atoms with Crippen LogP contribution in [0.4, 0.5) is 0 Å². The second kappa shape index (κ2) is 3.99. The van der Waals surface area contributed by atoms with Crippen LogP contribution in [0.25, 0.3) is 0 Å². The number of rotatable bonds is 3. The lowest BCUT2D eigenvalue weighted by atomic mass is 9.92. The molecule has 0 saturated heterocycles. The molecule has 1 aromatic rings. The summed E-state index contributed by atoms with van der Waals surface area (Å²) in [5.41, 5.74) is 5.86. The molecule has 5 rings (SSSR count). The van der Waals surface area contributed by atoms with Gasteiger partial charge in [0.05, 0.1) is 6.61 Å². The minimum Gasteiger partial charge on any atom is -0.493 e. The van der Waals surface area contributed by atoms with Crippen LogP contribution in [0, 0.1) is 29.6 Å². The molecule has 20 heavy (non-hydrogen) atoms. The number of nitrogens with one attached hydrogen (secondary N) is 1. The molecule has 0 aromatic heterocycles. The van der Waals surface area contributed by atoms with E-state index in [4.69, 9.17) is 10.6 Å². The number of benzene rings is 1. The van der Waals surface area contributed by atoms with Crippen molar-refractivity contribution in [1.82, 2.24) is 5.43 Å². The zero-order valence-corrected chi connectivity index (χ0v) is 11.7. The highest BCUT2D eigenvalue weighted by Crippen LogP contribution is 2.72. The molecule has 1 aromatic carbocycles. The van der Waals surface area contributed by atoms with Gasteiger partial charge in [-0.05, 0) is 66.0 Å². The van der Waals surface area contributed by atoms with Gasteiger partial charge in [-0.1, -0.05) is 12.1 Å². The van der Waals surface area contributed by atoms with Gasteiger partial charge in [-0.2, -0.15) is 0 Å². The van der Waals surface area contributed by atoms with Crippen LogP contribution in [-0.2, 0) is 6.42 Å². The first-order valence-corrected chi connectivity index (χ1v) is 8.08. The van der Waals surface area contributed by atoms with Crippen molar-refractivity contribution >= 4 is 0 Å². The fraction of sp³-hybridized carbons (Fsp3) is 0.647. The number of hydrogen-bond acceptors (Lipinski definition) is 3. The molecule has 0 spiro atoms. The number of hydrogen-bond donors (Lipinski definition) is 2. The van der Waals surface area contributed by atoms with Gasteiger partial charge in [0.25, 0.3) is 0 Å². The van der Waals surface area contributed by atoms with Crippen molar-refractivity contribution in [3.63, 3.8) is 0 Å². The van der Waals surface area contributed by atoms with Gasteiger partial charge in [-0.25, -0.2) is 0 Å². The van der Waals surface area contributed by atoms with E-state index in [-0.39, 0.29) is 0 Å². The van der Waals surface area contributed by atoms with Crippen molar-refractivity contribution < 1.29 is 4.74 Å². The van der Waals surface area contributed by atoms with Crippen LogP contribution in [0.15, 0.2) is 18.2 Å². The van der Waals surface area contributed by atoms with Crippen molar-refractivity contribution in [1.29, 1.82) is 0 Å². The molecule has 0 amide bonds. The maximum Gasteiger partial charge on any atom is 0.122 e. The molecule has 1 aliphatic heterocycles. The Morgan fingerprint density at radius 1 is 1.20 bits per heavy atom. The Balaban J connectivity index is 1.44. The van der Waals surface area contributed by atoms with Crippen molar-refractivity contribution in [2.75, 3.05) is 6.61 Å². The van der Waals surface area contributed by atoms with Crippen LogP contribution in [0.1, 0.15) is 36.4 Å². The van der Waals surface area contributed by atoms with Crippen molar-refractivity contribution in [2.24, 2.45) is 35.4 Å². The van der Waals surface area contributed by atoms with Crippen LogP contribution >= 0.6 is 0 Å². The van der Waals surface area contributed by atoms with E-state index < -0.39 is 0 Å². The molecule has 3 saturated carbocycles. The summed E-state index contributed by atoms with van der Waals surface area (Å²) in [6.07, 6.45) is 5.49. The summed E-state index contributed by atoms with van der Waals surface area (Å²) in [4.78, 5) is 0. The van der Waals surface area contributed by atoms with Crippen molar-refractivity contribution in [2.45, 2.75) is 31.7 Å². The molecule has 106 valence electrons. The minimum atomic E-state index is 0.347. The van der Waals surface area contributed by atoms with Gasteiger partial charge >= 0.3 is 0 Å². The Labute approximate surface area is 119 Å². The van der Waals surface area contributed by atoms with E-state index in [1.54, 1.807) is 0 Å². The Bertz CT molecular complexity index is 542. The topological polar surface area (TPSA) is 47.3 Å². The highest BCUT2D eigenvalue weighted by Gasteiger charge is 2.66. The average molecular weight is 270 g/mol. The molecule has 3 fully saturated rings. The molecule has 4 aliphatic rings. The Kier molecular flexibility index (Phi) is 2.31. The first kappa shape index (κ1) is 11.6. The predicted octanol–water partition coefficient (Wildman–Crippen LogP) is 2.42. The van der Waals surface area contributed by atoms with E-state index in [9.17, 15) is 0 Å². The summed E-state index contributed by atoms with van der Waals surface area (Å²) in [5.74, 6) is 11.7. The lowest BCUT2D eigenvalue weighted by Gasteiger charge is -2.20. The minimum absolute atomic E-state index is 0.347. The molecule has 3 heteroatoms. The molecule has 5 atom stereocenters. The summed E-state index contributed by atoms with van der Waals surface area (Å²) in [6.45, 7) is 0.832. The normalized spacial score (nSPS) is 41.1. The Morgan fingerprint density at radius 2 is 2.00 bits per heavy atom. The zero-order valence-electron chi connectivity index (χ0n) is 11.7. The maximum absolute atomic E-state index is 5.92. The van der Waals surface area contributed by atoms with Gasteiger partial charge < -0.3 is 4.74 Å². The van der Waals surface area contributed by atoms with Crippen LogP contribution in [0.5, 0.6) is 5.75 Å². The first-order chi connectivity index (χ1) is 9.86. The lowest BCUT2D eigenvalue weighted by molar-refractivity contribution is 0.356. The third-order valence-corrected chi connectivity index (χ3v) is 6.43. The second-order valence-electron chi connectivity index (χ2n) is 7.18. The molecule has 3 nitrogen and oxygen atoms in total. The molecular formula is C17H22N2O. The molecule has 2 bridgehead atoms. The molecule has 3 N–H and O–H groups in total. The van der Waals surface area contributed by atoms with E-state index >= 15 is 0 Å². The number of nitrogens with two attached hydrogens (primary N) is 1. The summed E-state index contributed by atoms with van der Waals surface area (Å²) < 4.78 is 5.61. The highest BCUT2D eigenvalue weighted by atomic mass is 16.5. The molecule has 0 radical (unpaired) electrons. The largest absolute Gasteiger partial charge is 0.493 e. The van der Waals surface area contributed by atoms with Gasteiger partial charge in [0.1, 0.15) is 5.75 Å². The number of fused-ring (bicyclic) bond motifs is 6. The maximum atomic E-state index is 5.92. The van der Waals surface area contributed by atoms with Crippen LogP contribution in [0.2, 0.25) is 0 Å². The SMILES string of the molecule is NNC(c1ccc2c(c1)CCO2)C1C2C3CCC(C3)C21. The van der Waals surface area contributed by atoms with Crippen molar-refractivity contribution in [3.8, 4) is 5.75 Å². The van der Waals surface area contributed by atoms with E-state index in [0.717, 1.165) is 48.4 Å². The molecular weight excluding hydrogens is 248 g/mol. The van der Waals surface area contributed by atoms with Crippen LogP contribution < -0.4 is 16.0 Å². The van der Waals surface area contributed by atoms with Gasteiger partial charge in [-0.3, -0.25) is 11.3 Å². The Morgan fingerprint density at radius 3 is 2.75 bits per heavy atom. The monoisotopic (exact) mass is 270 g/mol. The van der Waals surface area contributed by atoms with Gasteiger partial charge in [0.15, 0.2) is 0 Å². The van der Waals surface area contributed by atoms with Crippen LogP contribution in [-0.4, -0.2) is 6.61 Å². The fourth-order valence-corrected chi connectivity index (χ4v) is 5.67. The fourth-order valence-electron chi connectivity index (χ4n) is 5.67. The highest BCUT2D eigenvalue weighted by molar-refractivity contribution is 5.41. The zero-order chi connectivity index (χ0) is 13.3. The van der Waals surface area contributed by atoms with Crippen LogP contribution in [0.3, 0.4) is 0 Å². The lowest BCUT2D eigenvalue weighted by Crippen LogP contribution is -2.31. The molecule has 1 heterocycles. The Hall–Kier alpha value is -1.06. The van der Waals surface area contributed by atoms with E-state index in [1.165, 1.54) is 30.4 Å². The third kappa shape index (κ3) is 1.43. The van der Waals surface area contributed by atoms with Crippen molar-refractivity contribution in [3.05, 3.63) is 29.3 Å². The van der Waals surface area contributed by atoms with E-state index in [1.807, 2.05) is 0 Å². The van der Waals surface area contributed by atoms with E-state index in [2.05, 4.69) is 23.6 Å². The van der Waals surface area contributed by atoms with Gasteiger partial charge in [0.2, 0.25) is 0 Å². The molecule has 5 unspecified atom stereocenters. The first-order valence-electron chi connectivity index (χ1n) is 8.08. The third-order valence-electron chi connectivity index (χ3n) is 6.43. The summed E-state index contributed by atoms with van der Waals surface area (Å²) in [7, 11) is 0. The standard InChI is InChI=1S/C17H22N2O/c18-19-17(12-3-4-13-9(7-12)5-6-20-13)16-14-10-1-2-11(8-10)15(14)16/h3-4,7,10-11,14-17,19H,1-2,5-6,8,18H2. The predicted molar refractivity (Wildman–Crippen MR) is 77.0 cm³/mol. The van der Waals surface area contributed by atoms with Gasteiger partial charge in [-0.15, -0.1) is 0 Å². The average Bonchev–Trinajstić information content (AvgIpc) is 2.89. The quantitative estimate of drug-likeness (QED) is 0.655. The summed E-state index contributed by atoms with van der Waals surface area (Å²) in [6, 6.07) is 7.02. The summed E-state index contributed by atoms with van der Waals surface area (Å²) >= 11 is 0.